The summed E-state index contributed by atoms with van der Waals surface area (Å²) in [5.74, 6) is -0.541. The molecule has 0 aliphatic carbocycles. The van der Waals surface area contributed by atoms with Crippen LogP contribution in [0, 0.1) is 0 Å². The summed E-state index contributed by atoms with van der Waals surface area (Å²) >= 11 is 0. The van der Waals surface area contributed by atoms with E-state index in [0.29, 0.717) is 0 Å². The van der Waals surface area contributed by atoms with Gasteiger partial charge in [-0.1, -0.05) is 0 Å². The Bertz CT molecular complexity index is 230. The Balaban J connectivity index is 2.95. The lowest BCUT2D eigenvalue weighted by molar-refractivity contribution is -0.115. The van der Waals surface area contributed by atoms with Gasteiger partial charge < -0.3 is 0 Å². The molecule has 0 unspecified atom stereocenters. The molecule has 1 heterocycles. The van der Waals surface area contributed by atoms with Crippen molar-refractivity contribution in [3.05, 3.63) is 0 Å². The monoisotopic (exact) mass is 149 g/mol. The zero-order chi connectivity index (χ0) is 7.07. The van der Waals surface area contributed by atoms with E-state index in [1.807, 2.05) is 0 Å². The molecule has 0 radical (unpaired) electrons. The van der Waals surface area contributed by atoms with Gasteiger partial charge in [-0.25, -0.2) is 8.42 Å². The van der Waals surface area contributed by atoms with Crippen molar-refractivity contribution in [1.82, 2.24) is 4.31 Å². The Morgan fingerprint density at radius 1 is 1.56 bits per heavy atom. The fourth-order valence-electron chi connectivity index (χ4n) is 0.706. The van der Waals surface area contributed by atoms with Crippen LogP contribution in [0.25, 0.3) is 0 Å². The summed E-state index contributed by atoms with van der Waals surface area (Å²) in [4.78, 5) is 10.4. The Labute approximate surface area is 53.5 Å². The van der Waals surface area contributed by atoms with Crippen LogP contribution < -0.4 is 0 Å². The lowest BCUT2D eigenvalue weighted by Gasteiger charge is -2.01. The number of carbonyl (C=O) groups is 1. The molecule has 9 heavy (non-hydrogen) atoms. The van der Waals surface area contributed by atoms with Gasteiger partial charge in [-0.15, -0.1) is 0 Å². The van der Waals surface area contributed by atoms with Crippen LogP contribution >= 0.6 is 0 Å². The largest absolute Gasteiger partial charge is 0.297 e. The number of carbonyl (C=O) groups excluding carboxylic acids is 1. The fourth-order valence-corrected chi connectivity index (χ4v) is 1.77. The van der Waals surface area contributed by atoms with E-state index >= 15 is 0 Å². The smallest absolute Gasteiger partial charge is 0.221 e. The molecule has 0 aromatic heterocycles. The normalized spacial score (nSPS) is 27.0. The average molecular weight is 149 g/mol. The molecule has 1 saturated heterocycles. The first-order chi connectivity index (χ1) is 4.02. The summed E-state index contributed by atoms with van der Waals surface area (Å²) in [6.45, 7) is 0.0440. The molecule has 0 amide bonds. The highest BCUT2D eigenvalue weighted by atomic mass is 32.2. The summed E-state index contributed by atoms with van der Waals surface area (Å²) < 4.78 is 22.4. The first-order valence-electron chi connectivity index (χ1n) is 2.48. The number of hydrogen-bond donors (Lipinski definition) is 0. The van der Waals surface area contributed by atoms with Crippen molar-refractivity contribution in [3.8, 4) is 0 Å². The minimum Gasteiger partial charge on any atom is -0.297 e. The Morgan fingerprint density at radius 2 is 2.11 bits per heavy atom. The van der Waals surface area contributed by atoms with Crippen LogP contribution in [0.15, 0.2) is 0 Å². The van der Waals surface area contributed by atoms with Gasteiger partial charge in [-0.2, -0.15) is 4.31 Å². The van der Waals surface area contributed by atoms with E-state index in [2.05, 4.69) is 0 Å². The second-order valence-corrected chi connectivity index (χ2v) is 4.13. The van der Waals surface area contributed by atoms with Gasteiger partial charge in [0.1, 0.15) is 5.75 Å². The Hall–Kier alpha value is -0.420. The molecule has 0 spiro atoms. The Morgan fingerprint density at radius 3 is 2.22 bits per heavy atom. The summed E-state index contributed by atoms with van der Waals surface area (Å²) in [6, 6.07) is 0. The minimum absolute atomic E-state index is 0.0440. The molecule has 0 aromatic carbocycles. The summed E-state index contributed by atoms with van der Waals surface area (Å²) in [5.41, 5.74) is 0. The summed E-state index contributed by atoms with van der Waals surface area (Å²) in [6.07, 6.45) is 0. The van der Waals surface area contributed by atoms with Crippen molar-refractivity contribution in [2.75, 3.05) is 19.3 Å². The van der Waals surface area contributed by atoms with Crippen LogP contribution in [0.4, 0.5) is 0 Å². The van der Waals surface area contributed by atoms with Crippen molar-refractivity contribution in [1.29, 1.82) is 0 Å². The zero-order valence-corrected chi connectivity index (χ0v) is 5.81. The molecule has 0 aromatic rings. The van der Waals surface area contributed by atoms with Gasteiger partial charge in [0.25, 0.3) is 0 Å². The maximum atomic E-state index is 10.7. The van der Waals surface area contributed by atoms with E-state index in [1.165, 1.54) is 7.05 Å². The molecule has 0 atom stereocenters. The number of nitrogens with zero attached hydrogens (tertiary/aromatic N) is 1. The number of ketones is 1. The van der Waals surface area contributed by atoms with E-state index in [9.17, 15) is 13.2 Å². The third kappa shape index (κ3) is 1.11. The minimum atomic E-state index is -3.19. The van der Waals surface area contributed by atoms with Crippen molar-refractivity contribution in [2.24, 2.45) is 0 Å². The first kappa shape index (κ1) is 6.70. The number of sulfonamides is 1. The van der Waals surface area contributed by atoms with Crippen LogP contribution in [-0.4, -0.2) is 37.9 Å². The average Bonchev–Trinajstić information content (AvgIpc) is 1.79. The number of likely N-dealkylation sites (N-methyl/N-ethyl adjacent to an activating group) is 1. The third-order valence-electron chi connectivity index (χ3n) is 1.22. The number of hydrogen-bond acceptors (Lipinski definition) is 3. The molecule has 4 nitrogen and oxygen atoms in total. The van der Waals surface area contributed by atoms with E-state index in [1.54, 1.807) is 0 Å². The summed E-state index contributed by atoms with van der Waals surface area (Å²) in [5, 5.41) is 0. The topological polar surface area (TPSA) is 54.5 Å². The van der Waals surface area contributed by atoms with E-state index in [0.717, 1.165) is 4.31 Å². The first-order valence-corrected chi connectivity index (χ1v) is 4.09. The van der Waals surface area contributed by atoms with E-state index in [4.69, 9.17) is 0 Å². The van der Waals surface area contributed by atoms with Crippen LogP contribution in [0.5, 0.6) is 0 Å². The molecule has 1 fully saturated rings. The van der Waals surface area contributed by atoms with Gasteiger partial charge >= 0.3 is 0 Å². The molecular weight excluding hydrogens is 142 g/mol. The predicted molar refractivity (Wildman–Crippen MR) is 31.4 cm³/mol. The van der Waals surface area contributed by atoms with Crippen LogP contribution in [0.2, 0.25) is 0 Å². The molecule has 1 rings (SSSR count). The molecule has 0 saturated carbocycles. The molecule has 5 heteroatoms. The van der Waals surface area contributed by atoms with Crippen LogP contribution in [0.1, 0.15) is 0 Å². The van der Waals surface area contributed by atoms with E-state index in [-0.39, 0.29) is 18.1 Å². The van der Waals surface area contributed by atoms with Crippen molar-refractivity contribution in [3.63, 3.8) is 0 Å². The second-order valence-electron chi connectivity index (χ2n) is 2.05. The standard InChI is InChI=1S/C4H7NO3S/c1-5-2-4(6)3-9(5,7)8/h2-3H2,1H3. The fraction of sp³-hybridized carbons (Fsp3) is 0.750. The van der Waals surface area contributed by atoms with Gasteiger partial charge in [0.05, 0.1) is 6.54 Å². The second kappa shape index (κ2) is 1.78. The van der Waals surface area contributed by atoms with Gasteiger partial charge in [-0.05, 0) is 0 Å². The van der Waals surface area contributed by atoms with Crippen molar-refractivity contribution >= 4 is 15.8 Å². The Kier molecular flexibility index (Phi) is 1.32. The van der Waals surface area contributed by atoms with Crippen LogP contribution in [0.3, 0.4) is 0 Å². The van der Waals surface area contributed by atoms with Crippen molar-refractivity contribution in [2.45, 2.75) is 0 Å². The maximum Gasteiger partial charge on any atom is 0.221 e. The quantitative estimate of drug-likeness (QED) is 0.436. The highest BCUT2D eigenvalue weighted by molar-refractivity contribution is 7.90. The third-order valence-corrected chi connectivity index (χ3v) is 2.98. The van der Waals surface area contributed by atoms with E-state index < -0.39 is 10.0 Å². The molecular formula is C4H7NO3S. The highest BCUT2D eigenvalue weighted by Crippen LogP contribution is 2.05. The lowest BCUT2D eigenvalue weighted by atomic mass is 10.5. The number of rotatable bonds is 0. The molecule has 0 N–H and O–H groups in total. The summed E-state index contributed by atoms with van der Waals surface area (Å²) in [7, 11) is -1.79. The maximum absolute atomic E-state index is 10.7. The van der Waals surface area contributed by atoms with Gasteiger partial charge in [0.15, 0.2) is 5.78 Å². The van der Waals surface area contributed by atoms with Gasteiger partial charge in [-0.3, -0.25) is 4.79 Å². The molecule has 0 bridgehead atoms. The lowest BCUT2D eigenvalue weighted by Crippen LogP contribution is -2.20. The SMILES string of the molecule is CN1CC(=O)CS1(=O)=O. The highest BCUT2D eigenvalue weighted by Gasteiger charge is 2.30. The van der Waals surface area contributed by atoms with Gasteiger partial charge in [0.2, 0.25) is 10.0 Å². The van der Waals surface area contributed by atoms with Crippen molar-refractivity contribution < 1.29 is 13.2 Å². The molecule has 1 aliphatic heterocycles. The number of Topliss-reactive ketones (excluding diaryl/α,β-unsaturated/α-hetero) is 1. The molecule has 52 valence electrons. The van der Waals surface area contributed by atoms with Crippen LogP contribution in [-0.2, 0) is 14.8 Å². The molecule has 1 aliphatic rings. The zero-order valence-electron chi connectivity index (χ0n) is 4.99. The van der Waals surface area contributed by atoms with Gasteiger partial charge in [0, 0.05) is 7.05 Å². The predicted octanol–water partition coefficient (Wildman–Crippen LogP) is -1.17.